The lowest BCUT2D eigenvalue weighted by atomic mass is 9.96. The first-order valence-electron chi connectivity index (χ1n) is 7.67. The third kappa shape index (κ3) is 6.79. The highest BCUT2D eigenvalue weighted by atomic mass is 28.4. The molecular weight excluding hydrogens is 272 g/mol. The number of allylic oxidation sites excluding steroid dienone is 1. The molecule has 0 N–H and O–H groups in total. The lowest BCUT2D eigenvalue weighted by Gasteiger charge is -2.29. The van der Waals surface area contributed by atoms with E-state index in [-0.39, 0.29) is 11.7 Å². The van der Waals surface area contributed by atoms with Gasteiger partial charge in [-0.1, -0.05) is 19.9 Å². The van der Waals surface area contributed by atoms with Crippen molar-refractivity contribution in [3.63, 3.8) is 0 Å². The fraction of sp³-hybridized carbons (Fsp3) is 0.800. The maximum Gasteiger partial charge on any atom is 0.500 e. The third-order valence-electron chi connectivity index (χ3n) is 3.13. The molecular formula is C15H30O4Si. The largest absolute Gasteiger partial charge is 0.500 e. The van der Waals surface area contributed by atoms with Crippen molar-refractivity contribution in [2.75, 3.05) is 19.8 Å². The average Bonchev–Trinajstić information content (AvgIpc) is 2.43. The van der Waals surface area contributed by atoms with Crippen molar-refractivity contribution in [1.29, 1.82) is 0 Å². The van der Waals surface area contributed by atoms with Gasteiger partial charge in [-0.25, -0.2) is 0 Å². The Balaban J connectivity index is 4.75. The molecule has 0 amide bonds. The van der Waals surface area contributed by atoms with Crippen molar-refractivity contribution >= 4 is 14.6 Å². The van der Waals surface area contributed by atoms with Crippen LogP contribution in [0, 0.1) is 5.92 Å². The maximum absolute atomic E-state index is 11.9. The quantitative estimate of drug-likeness (QED) is 0.385. The monoisotopic (exact) mass is 302 g/mol. The highest BCUT2D eigenvalue weighted by molar-refractivity contribution is 6.60. The number of hydrogen-bond acceptors (Lipinski definition) is 4. The lowest BCUT2D eigenvalue weighted by molar-refractivity contribution is -0.118. The second-order valence-electron chi connectivity index (χ2n) is 4.61. The second-order valence-corrected chi connectivity index (χ2v) is 7.34. The van der Waals surface area contributed by atoms with Gasteiger partial charge in [0.2, 0.25) is 0 Å². The van der Waals surface area contributed by atoms with Gasteiger partial charge in [-0.3, -0.25) is 4.79 Å². The molecule has 0 aromatic rings. The minimum Gasteiger partial charge on any atom is -0.374 e. The summed E-state index contributed by atoms with van der Waals surface area (Å²) in [6, 6.07) is 0.687. The fourth-order valence-electron chi connectivity index (χ4n) is 2.30. The number of hydrogen-bond donors (Lipinski definition) is 0. The molecule has 0 saturated heterocycles. The Kier molecular flexibility index (Phi) is 10.9. The molecule has 0 spiro atoms. The highest BCUT2D eigenvalue weighted by Crippen LogP contribution is 2.24. The Labute approximate surface area is 124 Å². The molecule has 0 bridgehead atoms. The van der Waals surface area contributed by atoms with Gasteiger partial charge < -0.3 is 13.3 Å². The van der Waals surface area contributed by atoms with E-state index in [1.165, 1.54) is 6.08 Å². The SMILES string of the molecule is C=CC(=O)C(CCC)CC[Si](OCC)(OCC)OCC. The van der Waals surface area contributed by atoms with E-state index in [1.807, 2.05) is 20.8 Å². The van der Waals surface area contributed by atoms with Crippen LogP contribution in [-0.4, -0.2) is 34.4 Å². The van der Waals surface area contributed by atoms with Crippen LogP contribution in [0.3, 0.4) is 0 Å². The Morgan fingerprint density at radius 2 is 1.55 bits per heavy atom. The number of carbonyl (C=O) groups is 1. The first-order chi connectivity index (χ1) is 9.59. The first-order valence-corrected chi connectivity index (χ1v) is 9.60. The summed E-state index contributed by atoms with van der Waals surface area (Å²) in [5.41, 5.74) is 0. The zero-order chi connectivity index (χ0) is 15.4. The van der Waals surface area contributed by atoms with Crippen molar-refractivity contribution in [3.05, 3.63) is 12.7 Å². The van der Waals surface area contributed by atoms with Crippen LogP contribution in [0.5, 0.6) is 0 Å². The summed E-state index contributed by atoms with van der Waals surface area (Å²) < 4.78 is 17.4. The molecule has 0 aliphatic heterocycles. The van der Waals surface area contributed by atoms with E-state index in [9.17, 15) is 4.79 Å². The van der Waals surface area contributed by atoms with Crippen molar-refractivity contribution in [3.8, 4) is 0 Å². The second kappa shape index (κ2) is 11.2. The molecule has 0 fully saturated rings. The Bertz CT molecular complexity index is 264. The number of carbonyl (C=O) groups excluding carboxylic acids is 1. The van der Waals surface area contributed by atoms with Crippen molar-refractivity contribution in [2.24, 2.45) is 5.92 Å². The molecule has 5 heteroatoms. The Hall–Kier alpha value is -0.493. The van der Waals surface area contributed by atoms with Crippen LogP contribution in [0.2, 0.25) is 6.04 Å². The Morgan fingerprint density at radius 3 is 1.90 bits per heavy atom. The minimum atomic E-state index is -2.63. The predicted octanol–water partition coefficient (Wildman–Crippen LogP) is 3.60. The van der Waals surface area contributed by atoms with E-state index in [0.29, 0.717) is 25.9 Å². The van der Waals surface area contributed by atoms with Crippen LogP contribution < -0.4 is 0 Å². The molecule has 118 valence electrons. The molecule has 20 heavy (non-hydrogen) atoms. The molecule has 0 saturated carbocycles. The van der Waals surface area contributed by atoms with Crippen LogP contribution in [0.4, 0.5) is 0 Å². The van der Waals surface area contributed by atoms with Crippen LogP contribution in [-0.2, 0) is 18.1 Å². The summed E-state index contributed by atoms with van der Waals surface area (Å²) in [6.45, 7) is 13.2. The number of rotatable bonds is 13. The average molecular weight is 302 g/mol. The smallest absolute Gasteiger partial charge is 0.374 e. The molecule has 0 aromatic carbocycles. The third-order valence-corrected chi connectivity index (χ3v) is 6.22. The zero-order valence-corrected chi connectivity index (χ0v) is 14.4. The van der Waals surface area contributed by atoms with Crippen molar-refractivity contribution < 1.29 is 18.1 Å². The van der Waals surface area contributed by atoms with Crippen molar-refractivity contribution in [2.45, 2.75) is 53.0 Å². The van der Waals surface area contributed by atoms with E-state index in [0.717, 1.165) is 19.3 Å². The van der Waals surface area contributed by atoms with Gasteiger partial charge in [-0.15, -0.1) is 0 Å². The van der Waals surface area contributed by atoms with E-state index >= 15 is 0 Å². The van der Waals surface area contributed by atoms with Crippen molar-refractivity contribution in [1.82, 2.24) is 0 Å². The van der Waals surface area contributed by atoms with E-state index in [1.54, 1.807) is 0 Å². The summed E-state index contributed by atoms with van der Waals surface area (Å²) in [6.07, 6.45) is 4.02. The summed E-state index contributed by atoms with van der Waals surface area (Å²) in [4.78, 5) is 11.9. The van der Waals surface area contributed by atoms with Gasteiger partial charge >= 0.3 is 8.80 Å². The summed E-state index contributed by atoms with van der Waals surface area (Å²) in [7, 11) is -2.63. The lowest BCUT2D eigenvalue weighted by Crippen LogP contribution is -2.46. The normalized spacial score (nSPS) is 13.2. The summed E-state index contributed by atoms with van der Waals surface area (Å²) in [5, 5.41) is 0. The molecule has 0 aromatic heterocycles. The number of ketones is 1. The molecule has 4 nitrogen and oxygen atoms in total. The minimum absolute atomic E-state index is 0.00532. The molecule has 1 unspecified atom stereocenters. The van der Waals surface area contributed by atoms with E-state index in [2.05, 4.69) is 13.5 Å². The first kappa shape index (κ1) is 19.5. The highest BCUT2D eigenvalue weighted by Gasteiger charge is 2.40. The molecule has 0 heterocycles. The van der Waals surface area contributed by atoms with Crippen LogP contribution >= 0.6 is 0 Å². The summed E-state index contributed by atoms with van der Waals surface area (Å²) in [5.74, 6) is 0.116. The molecule has 0 aliphatic carbocycles. The van der Waals surface area contributed by atoms with Crippen LogP contribution in [0.25, 0.3) is 0 Å². The fourth-order valence-corrected chi connectivity index (χ4v) is 5.00. The maximum atomic E-state index is 11.9. The van der Waals surface area contributed by atoms with E-state index < -0.39 is 8.80 Å². The topological polar surface area (TPSA) is 44.8 Å². The Morgan fingerprint density at radius 1 is 1.05 bits per heavy atom. The van der Waals surface area contributed by atoms with Gasteiger partial charge in [-0.2, -0.15) is 0 Å². The summed E-state index contributed by atoms with van der Waals surface area (Å²) >= 11 is 0. The van der Waals surface area contributed by atoms with Gasteiger partial charge in [0, 0.05) is 31.8 Å². The molecule has 0 radical (unpaired) electrons. The van der Waals surface area contributed by atoms with Crippen LogP contribution in [0.15, 0.2) is 12.7 Å². The standard InChI is InChI=1S/C15H30O4Si/c1-6-11-14(15(16)7-2)12-13-20(17-8-3,18-9-4)19-10-5/h7,14H,2,6,8-13H2,1,3-5H3. The van der Waals surface area contributed by atoms with Gasteiger partial charge in [0.05, 0.1) is 0 Å². The molecule has 1 atom stereocenters. The van der Waals surface area contributed by atoms with E-state index in [4.69, 9.17) is 13.3 Å². The van der Waals surface area contributed by atoms with Gasteiger partial charge in [0.15, 0.2) is 5.78 Å². The van der Waals surface area contributed by atoms with Gasteiger partial charge in [0.25, 0.3) is 0 Å². The molecule has 0 aliphatic rings. The zero-order valence-electron chi connectivity index (χ0n) is 13.4. The van der Waals surface area contributed by atoms with Crippen LogP contribution in [0.1, 0.15) is 47.0 Å². The predicted molar refractivity (Wildman–Crippen MR) is 83.7 cm³/mol. The van der Waals surface area contributed by atoms with Gasteiger partial charge in [-0.05, 0) is 39.7 Å². The van der Waals surface area contributed by atoms with Gasteiger partial charge in [0.1, 0.15) is 0 Å². The molecule has 0 rings (SSSR count).